The highest BCUT2D eigenvalue weighted by atomic mass is 16.5. The molecule has 2 fully saturated rings. The first-order chi connectivity index (χ1) is 16.0. The lowest BCUT2D eigenvalue weighted by atomic mass is 10.0. The summed E-state index contributed by atoms with van der Waals surface area (Å²) in [5, 5.41) is 0. The predicted octanol–water partition coefficient (Wildman–Crippen LogP) is 3.40. The van der Waals surface area contributed by atoms with Gasteiger partial charge >= 0.3 is 5.97 Å². The number of morpholine rings is 1. The van der Waals surface area contributed by atoms with E-state index in [4.69, 9.17) is 9.47 Å². The molecule has 2 atom stereocenters. The van der Waals surface area contributed by atoms with Gasteiger partial charge in [-0.2, -0.15) is 0 Å². The summed E-state index contributed by atoms with van der Waals surface area (Å²) in [5.74, 6) is -0.286. The summed E-state index contributed by atoms with van der Waals surface area (Å²) in [6, 6.07) is 17.8. The Morgan fingerprint density at radius 3 is 2.12 bits per heavy atom. The van der Waals surface area contributed by atoms with Crippen molar-refractivity contribution in [1.82, 2.24) is 14.7 Å². The molecule has 0 amide bonds. The molecule has 0 saturated carbocycles. The average molecular weight is 452 g/mol. The van der Waals surface area contributed by atoms with Crippen molar-refractivity contribution in [2.75, 3.05) is 46.5 Å². The van der Waals surface area contributed by atoms with Crippen LogP contribution in [0.4, 0.5) is 0 Å². The highest BCUT2D eigenvalue weighted by Crippen LogP contribution is 2.22. The minimum Gasteiger partial charge on any atom is -0.465 e. The van der Waals surface area contributed by atoms with E-state index in [0.29, 0.717) is 17.6 Å². The van der Waals surface area contributed by atoms with Crippen LogP contribution >= 0.6 is 0 Å². The van der Waals surface area contributed by atoms with Gasteiger partial charge in [0.05, 0.1) is 25.9 Å². The van der Waals surface area contributed by atoms with Crippen LogP contribution in [0.15, 0.2) is 48.5 Å². The highest BCUT2D eigenvalue weighted by molar-refractivity contribution is 5.89. The second kappa shape index (κ2) is 11.3. The van der Waals surface area contributed by atoms with Gasteiger partial charge in [0, 0.05) is 57.9 Å². The fraction of sp³-hybridized carbons (Fsp3) is 0.519. The molecule has 33 heavy (non-hydrogen) atoms. The van der Waals surface area contributed by atoms with Crippen LogP contribution < -0.4 is 0 Å². The Balaban J connectivity index is 1.32. The van der Waals surface area contributed by atoms with E-state index < -0.39 is 0 Å². The Labute approximate surface area is 198 Å². The third-order valence-electron chi connectivity index (χ3n) is 6.82. The smallest absolute Gasteiger partial charge is 0.337 e. The van der Waals surface area contributed by atoms with Crippen molar-refractivity contribution >= 4 is 5.97 Å². The Morgan fingerprint density at radius 1 is 0.879 bits per heavy atom. The van der Waals surface area contributed by atoms with Crippen molar-refractivity contribution in [1.29, 1.82) is 0 Å². The number of ether oxygens (including phenoxy) is 2. The molecule has 0 aliphatic carbocycles. The second-order valence-electron chi connectivity index (χ2n) is 9.46. The average Bonchev–Trinajstić information content (AvgIpc) is 2.82. The lowest BCUT2D eigenvalue weighted by Crippen LogP contribution is -2.55. The van der Waals surface area contributed by atoms with E-state index in [1.807, 2.05) is 24.3 Å². The van der Waals surface area contributed by atoms with E-state index in [0.717, 1.165) is 59.0 Å². The van der Waals surface area contributed by atoms with Gasteiger partial charge in [0.1, 0.15) is 0 Å². The zero-order chi connectivity index (χ0) is 23.2. The van der Waals surface area contributed by atoms with E-state index in [2.05, 4.69) is 52.8 Å². The van der Waals surface area contributed by atoms with Crippen LogP contribution in [0, 0.1) is 0 Å². The SMILES string of the molecule is COC(=O)c1ccc(CN2C[C@@H](C)N(Cc3cccc(CN4CCOCC4)c3)[C@@H](C)C2)cc1. The molecule has 0 unspecified atom stereocenters. The number of hydrogen-bond acceptors (Lipinski definition) is 6. The van der Waals surface area contributed by atoms with Gasteiger partial charge < -0.3 is 9.47 Å². The quantitative estimate of drug-likeness (QED) is 0.602. The number of carbonyl (C=O) groups excluding carboxylic acids is 1. The number of benzene rings is 2. The molecular formula is C27H37N3O3. The number of carbonyl (C=O) groups is 1. The maximum Gasteiger partial charge on any atom is 0.337 e. The fourth-order valence-electron chi connectivity index (χ4n) is 5.08. The van der Waals surface area contributed by atoms with Crippen molar-refractivity contribution in [3.63, 3.8) is 0 Å². The van der Waals surface area contributed by atoms with E-state index in [-0.39, 0.29) is 5.97 Å². The third-order valence-corrected chi connectivity index (χ3v) is 6.82. The summed E-state index contributed by atoms with van der Waals surface area (Å²) in [7, 11) is 1.42. The molecular weight excluding hydrogens is 414 g/mol. The first kappa shape index (κ1) is 23.9. The number of esters is 1. The number of piperazine rings is 1. The molecule has 0 bridgehead atoms. The Morgan fingerprint density at radius 2 is 1.48 bits per heavy atom. The van der Waals surface area contributed by atoms with Crippen LogP contribution in [0.3, 0.4) is 0 Å². The summed E-state index contributed by atoms with van der Waals surface area (Å²) >= 11 is 0. The number of methoxy groups -OCH3 is 1. The molecule has 6 heteroatoms. The molecule has 4 rings (SSSR count). The van der Waals surface area contributed by atoms with Crippen LogP contribution in [0.2, 0.25) is 0 Å². The van der Waals surface area contributed by atoms with E-state index in [1.165, 1.54) is 23.8 Å². The molecule has 2 aromatic rings. The molecule has 0 N–H and O–H groups in total. The monoisotopic (exact) mass is 451 g/mol. The van der Waals surface area contributed by atoms with Gasteiger partial charge in [-0.05, 0) is 42.7 Å². The molecule has 2 aliphatic heterocycles. The van der Waals surface area contributed by atoms with E-state index in [1.54, 1.807) is 0 Å². The van der Waals surface area contributed by atoms with Crippen LogP contribution in [-0.4, -0.2) is 79.3 Å². The molecule has 2 heterocycles. The summed E-state index contributed by atoms with van der Waals surface area (Å²) in [6.07, 6.45) is 0. The third kappa shape index (κ3) is 6.42. The van der Waals surface area contributed by atoms with Crippen molar-refractivity contribution in [2.45, 2.75) is 45.6 Å². The predicted molar refractivity (Wildman–Crippen MR) is 130 cm³/mol. The number of rotatable bonds is 7. The number of nitrogens with zero attached hydrogens (tertiary/aromatic N) is 3. The van der Waals surface area contributed by atoms with Gasteiger partial charge in [0.25, 0.3) is 0 Å². The minimum absolute atomic E-state index is 0.286. The number of hydrogen-bond donors (Lipinski definition) is 0. The lowest BCUT2D eigenvalue weighted by molar-refractivity contribution is 0.0288. The molecule has 0 aromatic heterocycles. The van der Waals surface area contributed by atoms with Gasteiger partial charge in [-0.3, -0.25) is 14.7 Å². The van der Waals surface area contributed by atoms with E-state index in [9.17, 15) is 4.79 Å². The molecule has 2 saturated heterocycles. The van der Waals surface area contributed by atoms with Crippen molar-refractivity contribution in [3.8, 4) is 0 Å². The Bertz CT molecular complexity index is 899. The summed E-state index contributed by atoms with van der Waals surface area (Å²) < 4.78 is 10.3. The largest absolute Gasteiger partial charge is 0.465 e. The maximum absolute atomic E-state index is 11.7. The summed E-state index contributed by atoms with van der Waals surface area (Å²) in [6.45, 7) is 13.4. The molecule has 0 radical (unpaired) electrons. The molecule has 6 nitrogen and oxygen atoms in total. The summed E-state index contributed by atoms with van der Waals surface area (Å²) in [5.41, 5.74) is 4.62. The van der Waals surface area contributed by atoms with E-state index >= 15 is 0 Å². The molecule has 2 aliphatic rings. The molecule has 2 aromatic carbocycles. The summed E-state index contributed by atoms with van der Waals surface area (Å²) in [4.78, 5) is 19.3. The van der Waals surface area contributed by atoms with Crippen LogP contribution in [-0.2, 0) is 29.1 Å². The van der Waals surface area contributed by atoms with Gasteiger partial charge in [-0.25, -0.2) is 4.79 Å². The van der Waals surface area contributed by atoms with Crippen molar-refractivity contribution in [3.05, 3.63) is 70.8 Å². The fourth-order valence-corrected chi connectivity index (χ4v) is 5.08. The first-order valence-corrected chi connectivity index (χ1v) is 12.0. The topological polar surface area (TPSA) is 45.2 Å². The Hall–Kier alpha value is -2.25. The van der Waals surface area contributed by atoms with Crippen LogP contribution in [0.25, 0.3) is 0 Å². The zero-order valence-electron chi connectivity index (χ0n) is 20.2. The zero-order valence-corrected chi connectivity index (χ0v) is 20.2. The van der Waals surface area contributed by atoms with Gasteiger partial charge in [0.2, 0.25) is 0 Å². The molecule has 0 spiro atoms. The maximum atomic E-state index is 11.7. The normalized spacial score (nSPS) is 22.9. The van der Waals surface area contributed by atoms with Gasteiger partial charge in [-0.1, -0.05) is 36.4 Å². The first-order valence-electron chi connectivity index (χ1n) is 12.0. The Kier molecular flexibility index (Phi) is 8.15. The highest BCUT2D eigenvalue weighted by Gasteiger charge is 2.29. The van der Waals surface area contributed by atoms with Crippen molar-refractivity contribution < 1.29 is 14.3 Å². The van der Waals surface area contributed by atoms with Gasteiger partial charge in [0.15, 0.2) is 0 Å². The minimum atomic E-state index is -0.286. The standard InChI is InChI=1S/C27H37N3O3/c1-21-16-29(18-23-7-9-26(10-8-23)27(31)32-3)17-22(2)30(21)20-25-6-4-5-24(15-25)19-28-11-13-33-14-12-28/h4-10,15,21-22H,11-14,16-20H2,1-3H3/t21-,22+. The van der Waals surface area contributed by atoms with Crippen LogP contribution in [0.1, 0.15) is 40.9 Å². The lowest BCUT2D eigenvalue weighted by Gasteiger charge is -2.44. The van der Waals surface area contributed by atoms with Crippen molar-refractivity contribution in [2.24, 2.45) is 0 Å². The second-order valence-corrected chi connectivity index (χ2v) is 9.46. The van der Waals surface area contributed by atoms with Crippen LogP contribution in [0.5, 0.6) is 0 Å². The van der Waals surface area contributed by atoms with Gasteiger partial charge in [-0.15, -0.1) is 0 Å². The molecule has 178 valence electrons.